The Morgan fingerprint density at radius 2 is 1.88 bits per heavy atom. The van der Waals surface area contributed by atoms with Gasteiger partial charge in [0.2, 0.25) is 5.88 Å². The molecule has 5 rings (SSSR count). The number of anilines is 1. The Morgan fingerprint density at radius 1 is 1.12 bits per heavy atom. The number of fused-ring (bicyclic) bond motifs is 2. The van der Waals surface area contributed by atoms with Crippen molar-refractivity contribution in [3.63, 3.8) is 0 Å². The average molecular weight is 468 g/mol. The lowest BCUT2D eigenvalue weighted by Gasteiger charge is -2.39. The Bertz CT molecular complexity index is 1100. The number of aromatic nitrogens is 4. The third-order valence-corrected chi connectivity index (χ3v) is 7.22. The van der Waals surface area contributed by atoms with E-state index in [2.05, 4.69) is 29.8 Å². The Labute approximate surface area is 199 Å². The van der Waals surface area contributed by atoms with Gasteiger partial charge < -0.3 is 14.4 Å². The summed E-state index contributed by atoms with van der Waals surface area (Å²) in [5.74, 6) is 3.95. The van der Waals surface area contributed by atoms with Crippen molar-refractivity contribution in [2.24, 2.45) is 17.8 Å². The molecule has 3 aromatic rings. The van der Waals surface area contributed by atoms with E-state index in [4.69, 9.17) is 31.2 Å². The number of pyridine rings is 1. The van der Waals surface area contributed by atoms with Crippen molar-refractivity contribution >= 4 is 17.3 Å². The molecule has 1 unspecified atom stereocenters. The van der Waals surface area contributed by atoms with Crippen molar-refractivity contribution in [3.8, 4) is 17.6 Å². The molecule has 1 aliphatic heterocycles. The van der Waals surface area contributed by atoms with Crippen LogP contribution >= 0.6 is 11.6 Å². The van der Waals surface area contributed by atoms with E-state index in [0.717, 1.165) is 25.3 Å². The summed E-state index contributed by atoms with van der Waals surface area (Å²) in [5.41, 5.74) is 1.19. The topological polar surface area (TPSA) is 65.3 Å². The third kappa shape index (κ3) is 4.51. The van der Waals surface area contributed by atoms with E-state index in [1.54, 1.807) is 7.11 Å². The van der Waals surface area contributed by atoms with E-state index in [1.165, 1.54) is 18.5 Å². The summed E-state index contributed by atoms with van der Waals surface area (Å²) in [4.78, 5) is 11.5. The minimum atomic E-state index is 0.143. The second kappa shape index (κ2) is 9.21. The number of benzene rings is 1. The lowest BCUT2D eigenvalue weighted by atomic mass is 9.82. The molecule has 1 aromatic carbocycles. The van der Waals surface area contributed by atoms with Gasteiger partial charge in [0.25, 0.3) is 0 Å². The molecule has 7 nitrogen and oxygen atoms in total. The molecule has 2 aromatic heterocycles. The smallest absolute Gasteiger partial charge is 0.320 e. The van der Waals surface area contributed by atoms with Crippen LogP contribution in [0, 0.1) is 17.8 Å². The van der Waals surface area contributed by atoms with Crippen LogP contribution in [0.5, 0.6) is 17.6 Å². The lowest BCUT2D eigenvalue weighted by molar-refractivity contribution is 0.265. The highest BCUT2D eigenvalue weighted by molar-refractivity contribution is 6.32. The molecule has 33 heavy (non-hydrogen) atoms. The highest BCUT2D eigenvalue weighted by Crippen LogP contribution is 2.45. The molecule has 0 spiro atoms. The molecule has 8 heteroatoms. The predicted molar refractivity (Wildman–Crippen MR) is 128 cm³/mol. The molecule has 2 fully saturated rings. The molecule has 1 aliphatic carbocycles. The van der Waals surface area contributed by atoms with E-state index in [0.29, 0.717) is 40.4 Å². The van der Waals surface area contributed by atoms with Gasteiger partial charge in [-0.2, -0.15) is 10.1 Å². The van der Waals surface area contributed by atoms with Crippen molar-refractivity contribution in [1.82, 2.24) is 19.7 Å². The Kier molecular flexibility index (Phi) is 6.15. The van der Waals surface area contributed by atoms with Gasteiger partial charge in [0, 0.05) is 37.5 Å². The standard InChI is InChI=1S/C25H30ClN5O2/c1-16(2)31-25(33-22-7-5-4-6-21(22)26)28-23(29-31)13-20-17-8-9-18(20)15-30(14-17)19-10-11-27-24(12-19)32-3/h4-7,10-12,16-18,20H,8-9,13-15H2,1-3H3/t17-,18+,20?. The number of piperidine rings is 1. The van der Waals surface area contributed by atoms with Crippen molar-refractivity contribution in [2.45, 2.75) is 39.2 Å². The summed E-state index contributed by atoms with van der Waals surface area (Å²) in [5, 5.41) is 5.39. The Morgan fingerprint density at radius 3 is 2.58 bits per heavy atom. The second-order valence-corrected chi connectivity index (χ2v) is 9.72. The van der Waals surface area contributed by atoms with Gasteiger partial charge in [0.05, 0.1) is 18.2 Å². The zero-order valence-electron chi connectivity index (χ0n) is 19.3. The van der Waals surface area contributed by atoms with E-state index < -0.39 is 0 Å². The first-order chi connectivity index (χ1) is 16.0. The Balaban J connectivity index is 1.32. The molecule has 3 atom stereocenters. The van der Waals surface area contributed by atoms with Crippen molar-refractivity contribution in [3.05, 3.63) is 53.4 Å². The number of methoxy groups -OCH3 is 1. The summed E-state index contributed by atoms with van der Waals surface area (Å²) in [6, 6.07) is 12.2. The quantitative estimate of drug-likeness (QED) is 0.462. The lowest BCUT2D eigenvalue weighted by Crippen LogP contribution is -2.42. The molecule has 1 saturated carbocycles. The first-order valence-corrected chi connectivity index (χ1v) is 12.0. The van der Waals surface area contributed by atoms with Gasteiger partial charge in [-0.25, -0.2) is 9.67 Å². The molecular formula is C25H30ClN5O2. The van der Waals surface area contributed by atoms with Gasteiger partial charge in [-0.3, -0.25) is 0 Å². The minimum absolute atomic E-state index is 0.143. The molecule has 174 valence electrons. The van der Waals surface area contributed by atoms with Crippen LogP contribution in [0.4, 0.5) is 5.69 Å². The van der Waals surface area contributed by atoms with Crippen LogP contribution in [0.15, 0.2) is 42.6 Å². The third-order valence-electron chi connectivity index (χ3n) is 6.91. The molecule has 2 bridgehead atoms. The fourth-order valence-corrected chi connectivity index (χ4v) is 5.44. The molecule has 0 N–H and O–H groups in total. The first-order valence-electron chi connectivity index (χ1n) is 11.6. The zero-order valence-corrected chi connectivity index (χ0v) is 20.1. The number of hydrogen-bond acceptors (Lipinski definition) is 6. The van der Waals surface area contributed by atoms with Crippen LogP contribution in [0.1, 0.15) is 38.6 Å². The SMILES string of the molecule is COc1cc(N2C[C@H]3CC[C@@H](C2)C3Cc2nc(Oc3ccccc3Cl)n(C(C)C)n2)ccn1. The van der Waals surface area contributed by atoms with E-state index in [1.807, 2.05) is 41.2 Å². The number of para-hydroxylation sites is 1. The van der Waals surface area contributed by atoms with Gasteiger partial charge in [-0.1, -0.05) is 23.7 Å². The second-order valence-electron chi connectivity index (χ2n) is 9.31. The molecular weight excluding hydrogens is 438 g/mol. The van der Waals surface area contributed by atoms with Crippen molar-refractivity contribution in [1.29, 1.82) is 0 Å². The maximum absolute atomic E-state index is 6.30. The normalized spacial score (nSPS) is 22.1. The highest BCUT2D eigenvalue weighted by Gasteiger charge is 2.42. The number of hydrogen-bond donors (Lipinski definition) is 0. The number of rotatable bonds is 7. The van der Waals surface area contributed by atoms with Gasteiger partial charge >= 0.3 is 6.01 Å². The van der Waals surface area contributed by atoms with E-state index in [9.17, 15) is 0 Å². The highest BCUT2D eigenvalue weighted by atomic mass is 35.5. The summed E-state index contributed by atoms with van der Waals surface area (Å²) in [6.07, 6.45) is 5.20. The zero-order chi connectivity index (χ0) is 22.9. The van der Waals surface area contributed by atoms with Gasteiger partial charge in [-0.05, 0) is 62.6 Å². The van der Waals surface area contributed by atoms with Crippen LogP contribution in [0.2, 0.25) is 5.02 Å². The van der Waals surface area contributed by atoms with Crippen molar-refractivity contribution in [2.75, 3.05) is 25.1 Å². The fourth-order valence-electron chi connectivity index (χ4n) is 5.27. The van der Waals surface area contributed by atoms with Crippen LogP contribution in [0.25, 0.3) is 0 Å². The molecule has 1 saturated heterocycles. The predicted octanol–water partition coefficient (Wildman–Crippen LogP) is 5.41. The van der Waals surface area contributed by atoms with Gasteiger partial charge in [0.1, 0.15) is 5.75 Å². The minimum Gasteiger partial charge on any atom is -0.481 e. The van der Waals surface area contributed by atoms with E-state index >= 15 is 0 Å². The average Bonchev–Trinajstić information content (AvgIpc) is 3.31. The van der Waals surface area contributed by atoms with Crippen LogP contribution in [0.3, 0.4) is 0 Å². The number of ether oxygens (including phenoxy) is 2. The van der Waals surface area contributed by atoms with Crippen LogP contribution < -0.4 is 14.4 Å². The number of halogens is 1. The molecule has 0 radical (unpaired) electrons. The van der Waals surface area contributed by atoms with Gasteiger partial charge in [-0.15, -0.1) is 0 Å². The van der Waals surface area contributed by atoms with Gasteiger partial charge in [0.15, 0.2) is 5.82 Å². The summed E-state index contributed by atoms with van der Waals surface area (Å²) >= 11 is 6.30. The monoisotopic (exact) mass is 467 g/mol. The molecule has 0 amide bonds. The van der Waals surface area contributed by atoms with Crippen LogP contribution in [-0.2, 0) is 6.42 Å². The Hall–Kier alpha value is -2.80. The summed E-state index contributed by atoms with van der Waals surface area (Å²) < 4.78 is 13.2. The van der Waals surface area contributed by atoms with E-state index in [-0.39, 0.29) is 6.04 Å². The van der Waals surface area contributed by atoms with Crippen LogP contribution in [-0.4, -0.2) is 39.9 Å². The maximum atomic E-state index is 6.30. The fraction of sp³-hybridized carbons (Fsp3) is 0.480. The maximum Gasteiger partial charge on any atom is 0.320 e. The summed E-state index contributed by atoms with van der Waals surface area (Å²) in [6.45, 7) is 6.26. The molecule has 3 heterocycles. The van der Waals surface area contributed by atoms with Crippen molar-refractivity contribution < 1.29 is 9.47 Å². The summed E-state index contributed by atoms with van der Waals surface area (Å²) in [7, 11) is 1.66. The first kappa shape index (κ1) is 22.0. The molecule has 2 aliphatic rings. The largest absolute Gasteiger partial charge is 0.481 e. The number of nitrogens with zero attached hydrogens (tertiary/aromatic N) is 5.